The molecule has 2 nitrogen and oxygen atoms in total. The molecule has 0 saturated heterocycles. The second-order valence-corrected chi connectivity index (χ2v) is 2.86. The van der Waals surface area contributed by atoms with Crippen molar-refractivity contribution >= 4 is 11.8 Å². The molecule has 0 aromatic heterocycles. The van der Waals surface area contributed by atoms with Crippen LogP contribution < -0.4 is 9.57 Å². The molecule has 0 spiro atoms. The average molecular weight is 204 g/mol. The van der Waals surface area contributed by atoms with Crippen LogP contribution in [0.2, 0.25) is 0 Å². The van der Waals surface area contributed by atoms with E-state index in [2.05, 4.69) is 4.84 Å². The van der Waals surface area contributed by atoms with Gasteiger partial charge in [-0.2, -0.15) is 0 Å². The maximum absolute atomic E-state index is 13.2. The Kier molecular flexibility index (Phi) is 3.99. The van der Waals surface area contributed by atoms with E-state index < -0.39 is 0 Å². The monoisotopic (exact) mass is 203 g/mol. The summed E-state index contributed by atoms with van der Waals surface area (Å²) in [7, 11) is 1.51. The summed E-state index contributed by atoms with van der Waals surface area (Å²) in [5.41, 5.74) is 0.633. The van der Waals surface area contributed by atoms with Crippen molar-refractivity contribution in [1.82, 2.24) is 4.84 Å². The van der Waals surface area contributed by atoms with Crippen molar-refractivity contribution in [2.45, 2.75) is 6.42 Å². The quantitative estimate of drug-likeness (QED) is 0.757. The minimum Gasteiger partial charge on any atom is -0.497 e. The summed E-state index contributed by atoms with van der Waals surface area (Å²) in [4.78, 5) is 2.45. The van der Waals surface area contributed by atoms with E-state index in [1.807, 2.05) is 0 Å². The first-order valence-electron chi connectivity index (χ1n) is 3.94. The van der Waals surface area contributed by atoms with E-state index in [1.54, 1.807) is 12.1 Å². The maximum atomic E-state index is 13.2. The van der Waals surface area contributed by atoms with Gasteiger partial charge in [0.1, 0.15) is 11.6 Å². The van der Waals surface area contributed by atoms with Crippen molar-refractivity contribution in [2.75, 3.05) is 13.7 Å². The van der Waals surface area contributed by atoms with Gasteiger partial charge in [-0.1, -0.05) is 6.07 Å². The molecule has 0 radical (unpaired) electrons. The molecule has 0 amide bonds. The Bertz CT molecular complexity index is 280. The minimum atomic E-state index is -0.258. The van der Waals surface area contributed by atoms with Gasteiger partial charge in [0.25, 0.3) is 0 Å². The number of hydrogen-bond donors (Lipinski definition) is 1. The van der Waals surface area contributed by atoms with Crippen molar-refractivity contribution in [1.29, 1.82) is 0 Å². The first-order valence-corrected chi connectivity index (χ1v) is 4.31. The standard InChI is InChI=1S/C9H11ClFNO/c1-13-8-3-2-7(4-5-12-10)9(11)6-8/h2-3,6,12H,4-5H2,1H3. The van der Waals surface area contributed by atoms with Crippen molar-refractivity contribution in [3.05, 3.63) is 29.6 Å². The molecule has 0 atom stereocenters. The smallest absolute Gasteiger partial charge is 0.130 e. The Morgan fingerprint density at radius 2 is 2.31 bits per heavy atom. The molecule has 1 N–H and O–H groups in total. The molecule has 0 saturated carbocycles. The molecule has 13 heavy (non-hydrogen) atoms. The van der Waals surface area contributed by atoms with Gasteiger partial charge in [-0.15, -0.1) is 0 Å². The molecule has 1 rings (SSSR count). The summed E-state index contributed by atoms with van der Waals surface area (Å²) in [6, 6.07) is 4.79. The van der Waals surface area contributed by atoms with Gasteiger partial charge in [0, 0.05) is 12.6 Å². The molecule has 4 heteroatoms. The molecular formula is C9H11ClFNO. The zero-order chi connectivity index (χ0) is 9.68. The molecule has 0 aliphatic heterocycles. The van der Waals surface area contributed by atoms with Crippen LogP contribution in [-0.2, 0) is 6.42 Å². The summed E-state index contributed by atoms with van der Waals surface area (Å²) >= 11 is 5.27. The largest absolute Gasteiger partial charge is 0.497 e. The lowest BCUT2D eigenvalue weighted by atomic mass is 10.1. The van der Waals surface area contributed by atoms with Gasteiger partial charge in [0.2, 0.25) is 0 Å². The topological polar surface area (TPSA) is 21.3 Å². The number of hydrogen-bond acceptors (Lipinski definition) is 2. The molecule has 1 aromatic carbocycles. The lowest BCUT2D eigenvalue weighted by Crippen LogP contribution is -2.05. The highest BCUT2D eigenvalue weighted by atomic mass is 35.5. The van der Waals surface area contributed by atoms with Gasteiger partial charge in [-0.05, 0) is 29.8 Å². The highest BCUT2D eigenvalue weighted by Gasteiger charge is 2.02. The van der Waals surface area contributed by atoms with Crippen molar-refractivity contribution in [3.63, 3.8) is 0 Å². The third-order valence-electron chi connectivity index (χ3n) is 1.75. The minimum absolute atomic E-state index is 0.258. The lowest BCUT2D eigenvalue weighted by Gasteiger charge is -2.04. The molecule has 0 unspecified atom stereocenters. The zero-order valence-corrected chi connectivity index (χ0v) is 8.07. The summed E-state index contributed by atoms with van der Waals surface area (Å²) in [5, 5.41) is 0. The van der Waals surface area contributed by atoms with Gasteiger partial charge < -0.3 is 4.74 Å². The van der Waals surface area contributed by atoms with Crippen LogP contribution in [0.5, 0.6) is 5.75 Å². The van der Waals surface area contributed by atoms with Crippen LogP contribution in [-0.4, -0.2) is 13.7 Å². The third kappa shape index (κ3) is 2.86. The fourth-order valence-corrected chi connectivity index (χ4v) is 1.13. The van der Waals surface area contributed by atoms with Crippen LogP contribution in [0.4, 0.5) is 4.39 Å². The number of halogens is 2. The zero-order valence-electron chi connectivity index (χ0n) is 7.31. The van der Waals surface area contributed by atoms with E-state index in [4.69, 9.17) is 16.5 Å². The number of nitrogens with one attached hydrogen (secondary N) is 1. The highest BCUT2D eigenvalue weighted by Crippen LogP contribution is 2.16. The Labute approximate surface area is 81.8 Å². The second-order valence-electron chi connectivity index (χ2n) is 2.59. The molecule has 0 bridgehead atoms. The van der Waals surface area contributed by atoms with Crippen LogP contribution >= 0.6 is 11.8 Å². The van der Waals surface area contributed by atoms with Gasteiger partial charge in [0.05, 0.1) is 7.11 Å². The number of rotatable bonds is 4. The fraction of sp³-hybridized carbons (Fsp3) is 0.333. The fourth-order valence-electron chi connectivity index (χ4n) is 1.04. The predicted molar refractivity (Wildman–Crippen MR) is 50.5 cm³/mol. The number of ether oxygens (including phenoxy) is 1. The highest BCUT2D eigenvalue weighted by molar-refractivity contribution is 6.13. The average Bonchev–Trinajstić information content (AvgIpc) is 2.16. The Morgan fingerprint density at radius 3 is 2.85 bits per heavy atom. The summed E-state index contributed by atoms with van der Waals surface area (Å²) in [6.45, 7) is 0.546. The Morgan fingerprint density at radius 1 is 1.54 bits per heavy atom. The lowest BCUT2D eigenvalue weighted by molar-refractivity contribution is 0.410. The third-order valence-corrected chi connectivity index (χ3v) is 1.94. The summed E-state index contributed by atoms with van der Waals surface area (Å²) in [5.74, 6) is 0.270. The summed E-state index contributed by atoms with van der Waals surface area (Å²) in [6.07, 6.45) is 0.569. The van der Waals surface area contributed by atoms with Crippen LogP contribution in [0.1, 0.15) is 5.56 Å². The SMILES string of the molecule is COc1ccc(CCNCl)c(F)c1. The Hall–Kier alpha value is -0.800. The van der Waals surface area contributed by atoms with Gasteiger partial charge in [0.15, 0.2) is 0 Å². The molecular weight excluding hydrogens is 193 g/mol. The van der Waals surface area contributed by atoms with E-state index >= 15 is 0 Å². The van der Waals surface area contributed by atoms with E-state index in [-0.39, 0.29) is 5.82 Å². The van der Waals surface area contributed by atoms with Gasteiger partial charge in [-0.3, -0.25) is 0 Å². The van der Waals surface area contributed by atoms with E-state index in [9.17, 15) is 4.39 Å². The van der Waals surface area contributed by atoms with Crippen LogP contribution in [0, 0.1) is 5.82 Å². The van der Waals surface area contributed by atoms with Crippen molar-refractivity contribution in [2.24, 2.45) is 0 Å². The molecule has 0 aliphatic rings. The predicted octanol–water partition coefficient (Wildman–Crippen LogP) is 2.12. The van der Waals surface area contributed by atoms with E-state index in [0.717, 1.165) is 0 Å². The first-order chi connectivity index (χ1) is 6.27. The molecule has 1 aromatic rings. The maximum Gasteiger partial charge on any atom is 0.130 e. The van der Waals surface area contributed by atoms with Crippen LogP contribution in [0.3, 0.4) is 0 Å². The molecule has 0 heterocycles. The Balaban J connectivity index is 2.73. The second kappa shape index (κ2) is 5.04. The van der Waals surface area contributed by atoms with Gasteiger partial charge >= 0.3 is 0 Å². The molecule has 0 aliphatic carbocycles. The summed E-state index contributed by atoms with van der Waals surface area (Å²) < 4.78 is 18.1. The van der Waals surface area contributed by atoms with E-state index in [0.29, 0.717) is 24.3 Å². The van der Waals surface area contributed by atoms with Gasteiger partial charge in [-0.25, -0.2) is 9.23 Å². The molecule has 72 valence electrons. The van der Waals surface area contributed by atoms with Crippen molar-refractivity contribution in [3.8, 4) is 5.75 Å². The van der Waals surface area contributed by atoms with E-state index in [1.165, 1.54) is 13.2 Å². The van der Waals surface area contributed by atoms with Crippen molar-refractivity contribution < 1.29 is 9.13 Å². The first kappa shape index (κ1) is 10.3. The molecule has 0 fully saturated rings. The number of methoxy groups -OCH3 is 1. The normalized spacial score (nSPS) is 10.1. The van der Waals surface area contributed by atoms with Crippen LogP contribution in [0.15, 0.2) is 18.2 Å². The van der Waals surface area contributed by atoms with Crippen LogP contribution in [0.25, 0.3) is 0 Å². The number of benzene rings is 1.